The maximum absolute atomic E-state index is 12.6. The first-order chi connectivity index (χ1) is 25.1. The van der Waals surface area contributed by atoms with E-state index in [1.165, 1.54) is 12.8 Å². The minimum absolute atomic E-state index is 0.124. The van der Waals surface area contributed by atoms with Crippen molar-refractivity contribution >= 4 is 22.7 Å². The van der Waals surface area contributed by atoms with Gasteiger partial charge in [0.05, 0.1) is 13.2 Å². The number of fused-ring (bicyclic) bond motifs is 2. The lowest BCUT2D eigenvalue weighted by Gasteiger charge is -2.26. The molecule has 0 N–H and O–H groups in total. The summed E-state index contributed by atoms with van der Waals surface area (Å²) in [6.45, 7) is 21.5. The van der Waals surface area contributed by atoms with Crippen LogP contribution in [0.1, 0.15) is 104 Å². The molecule has 288 valence electrons. The molecule has 0 amide bonds. The zero-order valence-corrected chi connectivity index (χ0v) is 32.8. The maximum Gasteiger partial charge on any atom is 0.333 e. The van der Waals surface area contributed by atoms with E-state index in [2.05, 4.69) is 53.0 Å². The van der Waals surface area contributed by atoms with Gasteiger partial charge in [0.1, 0.15) is 24.7 Å². The predicted molar refractivity (Wildman–Crippen MR) is 209 cm³/mol. The monoisotopic (exact) mass is 720 g/mol. The van der Waals surface area contributed by atoms with Crippen molar-refractivity contribution in [1.29, 1.82) is 0 Å². The Morgan fingerprint density at radius 1 is 0.635 bits per heavy atom. The van der Waals surface area contributed by atoms with Gasteiger partial charge in [0.2, 0.25) is 0 Å². The van der Waals surface area contributed by atoms with E-state index in [0.717, 1.165) is 71.9 Å². The highest BCUT2D eigenvalue weighted by atomic mass is 16.6. The molecule has 3 rings (SSSR count). The van der Waals surface area contributed by atoms with Crippen molar-refractivity contribution < 1.29 is 38.0 Å². The Bertz CT molecular complexity index is 1370. The fourth-order valence-corrected chi connectivity index (χ4v) is 6.58. The van der Waals surface area contributed by atoms with Gasteiger partial charge in [0.25, 0.3) is 0 Å². The fraction of sp³-hybridized carbons (Fsp3) is 0.591. The Morgan fingerprint density at radius 2 is 1.04 bits per heavy atom. The molecule has 2 aromatic carbocycles. The Hall–Kier alpha value is -3.62. The molecular formula is C44H64O8. The van der Waals surface area contributed by atoms with Gasteiger partial charge >= 0.3 is 11.9 Å². The minimum atomic E-state index is -0.613. The average Bonchev–Trinajstić information content (AvgIpc) is 3.14. The summed E-state index contributed by atoms with van der Waals surface area (Å²) in [4.78, 5) is 25.2. The Kier molecular flexibility index (Phi) is 19.0. The normalized spacial score (nSPS) is 14.6. The Labute approximate surface area is 312 Å². The van der Waals surface area contributed by atoms with Crippen molar-refractivity contribution in [3.05, 3.63) is 71.8 Å². The van der Waals surface area contributed by atoms with Gasteiger partial charge in [-0.3, -0.25) is 0 Å². The standard InChI is InChI=1S/C44H64O8/c1-9-17-33(11-3)23-25-47-27-35(51-43(45)31(5)6)29-49-41-37-19-13-15-21-39(37)42(40-22-16-14-20-38(40)41)50-30-36(52-44(46)32(7)8)28-48-26-24-34(12-4)18-10-2/h13-16,19,21,33-36H,5,7,9-12,17-18,20,22-30H2,1-4,6,8H3. The molecule has 1 aliphatic rings. The van der Waals surface area contributed by atoms with Gasteiger partial charge in [0.15, 0.2) is 12.2 Å². The number of hydrogen-bond acceptors (Lipinski definition) is 8. The Morgan fingerprint density at radius 3 is 1.38 bits per heavy atom. The van der Waals surface area contributed by atoms with Gasteiger partial charge in [-0.15, -0.1) is 0 Å². The van der Waals surface area contributed by atoms with Crippen LogP contribution in [0.25, 0.3) is 10.8 Å². The molecule has 4 unspecified atom stereocenters. The molecule has 0 aromatic heterocycles. The second-order valence-electron chi connectivity index (χ2n) is 14.1. The number of benzene rings is 2. The van der Waals surface area contributed by atoms with Crippen LogP contribution in [0.2, 0.25) is 0 Å². The first-order valence-electron chi connectivity index (χ1n) is 19.5. The number of hydrogen-bond donors (Lipinski definition) is 0. The van der Waals surface area contributed by atoms with E-state index in [1.54, 1.807) is 13.8 Å². The van der Waals surface area contributed by atoms with Crippen LogP contribution in [0.5, 0.6) is 11.5 Å². The molecule has 0 fully saturated rings. The number of rotatable bonds is 26. The molecule has 0 saturated carbocycles. The first-order valence-corrected chi connectivity index (χ1v) is 19.5. The van der Waals surface area contributed by atoms with Crippen LogP contribution in [-0.4, -0.2) is 63.8 Å². The summed E-state index contributed by atoms with van der Waals surface area (Å²) in [6.07, 6.45) is 13.2. The van der Waals surface area contributed by atoms with Crippen molar-refractivity contribution in [3.63, 3.8) is 0 Å². The van der Waals surface area contributed by atoms with Crippen LogP contribution in [0.4, 0.5) is 0 Å². The number of ether oxygens (including phenoxy) is 6. The zero-order chi connectivity index (χ0) is 37.9. The smallest absolute Gasteiger partial charge is 0.333 e. The third-order valence-corrected chi connectivity index (χ3v) is 9.71. The van der Waals surface area contributed by atoms with E-state index in [4.69, 9.17) is 28.4 Å². The summed E-state index contributed by atoms with van der Waals surface area (Å²) < 4.78 is 36.9. The molecular weight excluding hydrogens is 656 g/mol. The summed E-state index contributed by atoms with van der Waals surface area (Å²) in [7, 11) is 0. The highest BCUT2D eigenvalue weighted by Gasteiger charge is 2.26. The van der Waals surface area contributed by atoms with Crippen LogP contribution < -0.4 is 9.47 Å². The predicted octanol–water partition coefficient (Wildman–Crippen LogP) is 9.69. The third-order valence-electron chi connectivity index (χ3n) is 9.71. The molecule has 0 aliphatic heterocycles. The van der Waals surface area contributed by atoms with E-state index in [9.17, 15) is 9.59 Å². The summed E-state index contributed by atoms with van der Waals surface area (Å²) >= 11 is 0. The van der Waals surface area contributed by atoms with E-state index in [1.807, 2.05) is 24.3 Å². The lowest BCUT2D eigenvalue weighted by molar-refractivity contribution is -0.150. The van der Waals surface area contributed by atoms with Gasteiger partial charge in [-0.25, -0.2) is 9.59 Å². The van der Waals surface area contributed by atoms with Gasteiger partial charge in [-0.2, -0.15) is 0 Å². The largest absolute Gasteiger partial charge is 0.489 e. The number of allylic oxidation sites excluding steroid dienone is 2. The molecule has 52 heavy (non-hydrogen) atoms. The van der Waals surface area contributed by atoms with Crippen LogP contribution in [-0.2, 0) is 41.4 Å². The molecule has 0 radical (unpaired) electrons. The minimum Gasteiger partial charge on any atom is -0.489 e. The number of esters is 2. The quantitative estimate of drug-likeness (QED) is 0.0411. The van der Waals surface area contributed by atoms with Crippen LogP contribution in [0, 0.1) is 11.8 Å². The Balaban J connectivity index is 1.83. The fourth-order valence-electron chi connectivity index (χ4n) is 6.58. The average molecular weight is 721 g/mol. The van der Waals surface area contributed by atoms with Crippen LogP contribution in [0.15, 0.2) is 60.7 Å². The van der Waals surface area contributed by atoms with Crippen LogP contribution >= 0.6 is 0 Å². The summed E-state index contributed by atoms with van der Waals surface area (Å²) in [5, 5.41) is 1.77. The molecule has 0 saturated heterocycles. The molecule has 1 aliphatic carbocycles. The van der Waals surface area contributed by atoms with Gasteiger partial charge < -0.3 is 28.4 Å². The lowest BCUT2D eigenvalue weighted by atomic mass is 9.90. The highest BCUT2D eigenvalue weighted by Crippen LogP contribution is 2.43. The molecule has 8 heteroatoms. The molecule has 0 bridgehead atoms. The van der Waals surface area contributed by atoms with Crippen molar-refractivity contribution in [3.8, 4) is 11.5 Å². The summed E-state index contributed by atoms with van der Waals surface area (Å²) in [5.41, 5.74) is 2.68. The second-order valence-corrected chi connectivity index (χ2v) is 14.1. The maximum atomic E-state index is 12.6. The summed E-state index contributed by atoms with van der Waals surface area (Å²) in [6, 6.07) is 7.98. The van der Waals surface area contributed by atoms with Gasteiger partial charge in [0, 0.05) is 46.3 Å². The SMILES string of the molecule is C=C(C)C(=O)OC(COCCC(CC)CCC)COc1c2c(c(OCC(COCCC(CC)CCC)OC(=O)C(=C)C)c3ccccc13)CC=CC2. The number of carbonyl (C=O) groups is 2. The zero-order valence-electron chi connectivity index (χ0n) is 32.8. The lowest BCUT2D eigenvalue weighted by Crippen LogP contribution is -2.31. The molecule has 2 aromatic rings. The van der Waals surface area contributed by atoms with Crippen molar-refractivity contribution in [2.24, 2.45) is 11.8 Å². The topological polar surface area (TPSA) is 89.5 Å². The molecule has 0 heterocycles. The van der Waals surface area contributed by atoms with E-state index >= 15 is 0 Å². The van der Waals surface area contributed by atoms with Crippen molar-refractivity contribution in [1.82, 2.24) is 0 Å². The van der Waals surface area contributed by atoms with E-state index in [0.29, 0.717) is 49.0 Å². The molecule has 8 nitrogen and oxygen atoms in total. The van der Waals surface area contributed by atoms with E-state index < -0.39 is 24.1 Å². The molecule has 0 spiro atoms. The summed E-state index contributed by atoms with van der Waals surface area (Å²) in [5.74, 6) is 1.77. The van der Waals surface area contributed by atoms with Gasteiger partial charge in [-0.1, -0.05) is 116 Å². The first kappa shape index (κ1) is 42.8. The third kappa shape index (κ3) is 13.4. The number of carbonyl (C=O) groups excluding carboxylic acids is 2. The second kappa shape index (κ2) is 23.1. The molecule has 4 atom stereocenters. The van der Waals surface area contributed by atoms with Crippen molar-refractivity contribution in [2.75, 3.05) is 39.6 Å². The highest BCUT2D eigenvalue weighted by molar-refractivity contribution is 5.96. The van der Waals surface area contributed by atoms with Crippen LogP contribution in [0.3, 0.4) is 0 Å². The van der Waals surface area contributed by atoms with Gasteiger partial charge in [-0.05, 0) is 51.4 Å². The van der Waals surface area contributed by atoms with E-state index in [-0.39, 0.29) is 26.4 Å². The van der Waals surface area contributed by atoms with Crippen molar-refractivity contribution in [2.45, 2.75) is 118 Å².